The fourth-order valence-electron chi connectivity index (χ4n) is 3.22. The second kappa shape index (κ2) is 4.27. The van der Waals surface area contributed by atoms with E-state index in [0.717, 1.165) is 30.8 Å². The Kier molecular flexibility index (Phi) is 2.89. The van der Waals surface area contributed by atoms with E-state index < -0.39 is 0 Å². The van der Waals surface area contributed by atoms with Crippen LogP contribution in [0.3, 0.4) is 0 Å². The van der Waals surface area contributed by atoms with Crippen LogP contribution in [0, 0.1) is 17.8 Å². The lowest BCUT2D eigenvalue weighted by atomic mass is 9.86. The summed E-state index contributed by atoms with van der Waals surface area (Å²) in [7, 11) is 0. The van der Waals surface area contributed by atoms with Gasteiger partial charge in [0, 0.05) is 19.1 Å². The highest BCUT2D eigenvalue weighted by molar-refractivity contribution is 5.86. The fraction of sp³-hybridized carbons (Fsp3) is 0.929. The smallest absolute Gasteiger partial charge is 0.241 e. The number of nitrogens with zero attached hydrogens (tertiary/aromatic N) is 1. The maximum Gasteiger partial charge on any atom is 0.241 e. The number of likely N-dealkylation sites (tertiary alicyclic amines) is 1. The summed E-state index contributed by atoms with van der Waals surface area (Å²) >= 11 is 0. The standard InChI is InChI=1S/C14H24N2O/c1-9(2)10-5-7-16(8-6-10)14(17)13-12(15-13)11-3-4-11/h9-13,15H,3-8H2,1-2H3. The first-order valence-corrected chi connectivity index (χ1v) is 7.21. The summed E-state index contributed by atoms with van der Waals surface area (Å²) in [5.41, 5.74) is 0. The first-order chi connectivity index (χ1) is 8.16. The molecule has 2 atom stereocenters. The molecule has 2 heterocycles. The van der Waals surface area contributed by atoms with Crippen molar-refractivity contribution in [2.75, 3.05) is 13.1 Å². The summed E-state index contributed by atoms with van der Waals surface area (Å²) in [6.45, 7) is 6.57. The van der Waals surface area contributed by atoms with Crippen LogP contribution in [0.4, 0.5) is 0 Å². The summed E-state index contributed by atoms with van der Waals surface area (Å²) in [5, 5.41) is 3.37. The normalized spacial score (nSPS) is 34.2. The van der Waals surface area contributed by atoms with Gasteiger partial charge >= 0.3 is 0 Å². The molecule has 3 rings (SSSR count). The highest BCUT2D eigenvalue weighted by Gasteiger charge is 2.52. The number of carbonyl (C=O) groups is 1. The second-order valence-corrected chi connectivity index (χ2v) is 6.41. The van der Waals surface area contributed by atoms with Gasteiger partial charge in [0.2, 0.25) is 5.91 Å². The number of piperidine rings is 1. The van der Waals surface area contributed by atoms with Crippen molar-refractivity contribution in [2.24, 2.45) is 17.8 Å². The minimum atomic E-state index is 0.179. The van der Waals surface area contributed by atoms with Crippen molar-refractivity contribution < 1.29 is 4.79 Å². The van der Waals surface area contributed by atoms with Gasteiger partial charge in [-0.25, -0.2) is 0 Å². The van der Waals surface area contributed by atoms with Crippen molar-refractivity contribution in [3.05, 3.63) is 0 Å². The van der Waals surface area contributed by atoms with E-state index in [1.165, 1.54) is 25.7 Å². The van der Waals surface area contributed by atoms with E-state index in [0.29, 0.717) is 11.9 Å². The van der Waals surface area contributed by atoms with E-state index >= 15 is 0 Å². The average Bonchev–Trinajstić information content (AvgIpc) is 3.16. The van der Waals surface area contributed by atoms with Gasteiger partial charge in [-0.3, -0.25) is 10.1 Å². The molecule has 0 aromatic heterocycles. The van der Waals surface area contributed by atoms with Crippen molar-refractivity contribution in [2.45, 2.75) is 51.6 Å². The van der Waals surface area contributed by atoms with Crippen molar-refractivity contribution >= 4 is 5.91 Å². The number of amides is 1. The Balaban J connectivity index is 1.48. The molecule has 2 saturated heterocycles. The van der Waals surface area contributed by atoms with Crippen LogP contribution < -0.4 is 5.32 Å². The monoisotopic (exact) mass is 236 g/mol. The highest BCUT2D eigenvalue weighted by atomic mass is 16.2. The lowest BCUT2D eigenvalue weighted by molar-refractivity contribution is -0.132. The van der Waals surface area contributed by atoms with Gasteiger partial charge in [-0.2, -0.15) is 0 Å². The van der Waals surface area contributed by atoms with Crippen LogP contribution in [0.15, 0.2) is 0 Å². The van der Waals surface area contributed by atoms with E-state index in [-0.39, 0.29) is 6.04 Å². The molecule has 3 nitrogen and oxygen atoms in total. The minimum absolute atomic E-state index is 0.179. The predicted octanol–water partition coefficient (Wildman–Crippen LogP) is 1.63. The van der Waals surface area contributed by atoms with Crippen LogP contribution in [-0.2, 0) is 4.79 Å². The molecule has 3 fully saturated rings. The zero-order chi connectivity index (χ0) is 12.0. The summed E-state index contributed by atoms with van der Waals surface area (Å²) < 4.78 is 0. The Hall–Kier alpha value is -0.570. The van der Waals surface area contributed by atoms with Crippen molar-refractivity contribution in [1.82, 2.24) is 10.2 Å². The molecule has 1 saturated carbocycles. The maximum atomic E-state index is 12.2. The molecule has 0 spiro atoms. The number of carbonyl (C=O) groups excluding carboxylic acids is 1. The molecule has 2 aliphatic heterocycles. The predicted molar refractivity (Wildman–Crippen MR) is 67.6 cm³/mol. The highest BCUT2D eigenvalue weighted by Crippen LogP contribution is 2.40. The Morgan fingerprint density at radius 1 is 1.18 bits per heavy atom. The van der Waals surface area contributed by atoms with Crippen LogP contribution in [0.1, 0.15) is 39.5 Å². The first kappa shape index (κ1) is 11.5. The van der Waals surface area contributed by atoms with Crippen molar-refractivity contribution in [3.63, 3.8) is 0 Å². The molecule has 17 heavy (non-hydrogen) atoms. The summed E-state index contributed by atoms with van der Waals surface area (Å²) in [4.78, 5) is 14.3. The average molecular weight is 236 g/mol. The third-order valence-electron chi connectivity index (χ3n) is 4.81. The van der Waals surface area contributed by atoms with Crippen molar-refractivity contribution in [1.29, 1.82) is 0 Å². The SMILES string of the molecule is CC(C)C1CCN(C(=O)C2NC2C2CC2)CC1. The zero-order valence-corrected chi connectivity index (χ0v) is 11.0. The molecular weight excluding hydrogens is 212 g/mol. The van der Waals surface area contributed by atoms with Gasteiger partial charge in [-0.1, -0.05) is 13.8 Å². The zero-order valence-electron chi connectivity index (χ0n) is 11.0. The Bertz CT molecular complexity index is 303. The summed E-state index contributed by atoms with van der Waals surface area (Å²) in [5.74, 6) is 2.79. The van der Waals surface area contributed by atoms with Crippen molar-refractivity contribution in [3.8, 4) is 0 Å². The molecule has 3 heteroatoms. The number of hydrogen-bond acceptors (Lipinski definition) is 2. The van der Waals surface area contributed by atoms with Gasteiger partial charge in [0.15, 0.2) is 0 Å². The molecule has 1 aliphatic carbocycles. The summed E-state index contributed by atoms with van der Waals surface area (Å²) in [6, 6.07) is 0.712. The van der Waals surface area contributed by atoms with Gasteiger partial charge in [0.05, 0.1) is 0 Å². The van der Waals surface area contributed by atoms with Crippen LogP contribution in [0.25, 0.3) is 0 Å². The second-order valence-electron chi connectivity index (χ2n) is 6.41. The molecule has 0 bridgehead atoms. The third-order valence-corrected chi connectivity index (χ3v) is 4.81. The molecular formula is C14H24N2O. The Morgan fingerprint density at radius 2 is 1.82 bits per heavy atom. The van der Waals surface area contributed by atoms with E-state index in [1.54, 1.807) is 0 Å². The topological polar surface area (TPSA) is 42.2 Å². The van der Waals surface area contributed by atoms with Crippen LogP contribution in [-0.4, -0.2) is 36.0 Å². The lowest BCUT2D eigenvalue weighted by Crippen LogP contribution is -2.42. The van der Waals surface area contributed by atoms with Crippen LogP contribution in [0.2, 0.25) is 0 Å². The van der Waals surface area contributed by atoms with Gasteiger partial charge in [-0.05, 0) is 43.4 Å². The molecule has 0 aromatic rings. The Labute approximate surface area is 104 Å². The van der Waals surface area contributed by atoms with E-state index in [2.05, 4.69) is 24.1 Å². The van der Waals surface area contributed by atoms with Gasteiger partial charge in [0.25, 0.3) is 0 Å². The third kappa shape index (κ3) is 2.35. The number of rotatable bonds is 3. The van der Waals surface area contributed by atoms with E-state index in [9.17, 15) is 4.79 Å². The molecule has 0 aromatic carbocycles. The first-order valence-electron chi connectivity index (χ1n) is 7.21. The van der Waals surface area contributed by atoms with Gasteiger partial charge in [0.1, 0.15) is 6.04 Å². The molecule has 96 valence electrons. The quantitative estimate of drug-likeness (QED) is 0.757. The largest absolute Gasteiger partial charge is 0.341 e. The fourth-order valence-corrected chi connectivity index (χ4v) is 3.22. The number of nitrogens with one attached hydrogen (secondary N) is 1. The minimum Gasteiger partial charge on any atom is -0.341 e. The van der Waals surface area contributed by atoms with Crippen LogP contribution in [0.5, 0.6) is 0 Å². The van der Waals surface area contributed by atoms with Gasteiger partial charge < -0.3 is 4.90 Å². The molecule has 3 aliphatic rings. The Morgan fingerprint density at radius 3 is 2.35 bits per heavy atom. The molecule has 2 unspecified atom stereocenters. The number of hydrogen-bond donors (Lipinski definition) is 1. The molecule has 1 amide bonds. The van der Waals surface area contributed by atoms with Gasteiger partial charge in [-0.15, -0.1) is 0 Å². The molecule has 0 radical (unpaired) electrons. The van der Waals surface area contributed by atoms with E-state index in [1.807, 2.05) is 0 Å². The maximum absolute atomic E-state index is 12.2. The molecule has 1 N–H and O–H groups in total. The lowest BCUT2D eigenvalue weighted by Gasteiger charge is -2.33. The van der Waals surface area contributed by atoms with E-state index in [4.69, 9.17) is 0 Å². The summed E-state index contributed by atoms with van der Waals surface area (Å²) in [6.07, 6.45) is 5.06. The van der Waals surface area contributed by atoms with Crippen LogP contribution >= 0.6 is 0 Å².